The highest BCUT2D eigenvalue weighted by Gasteiger charge is 2.57. The van der Waals surface area contributed by atoms with Gasteiger partial charge in [-0.15, -0.1) is 0 Å². The molecule has 6 heteroatoms. The first-order chi connectivity index (χ1) is 13.8. The molecule has 2 aromatic carbocycles. The largest absolute Gasteiger partial charge is 0.491 e. The average Bonchev–Trinajstić information content (AvgIpc) is 3.43. The summed E-state index contributed by atoms with van der Waals surface area (Å²) < 4.78 is 23.3. The number of hydrogen-bond donors (Lipinski definition) is 0. The fraction of sp³-hybridized carbons (Fsp3) is 0.409. The van der Waals surface area contributed by atoms with E-state index in [0.717, 1.165) is 36.3 Å². The first-order valence-electron chi connectivity index (χ1n) is 9.87. The number of amides is 1. The summed E-state index contributed by atoms with van der Waals surface area (Å²) in [6.07, 6.45) is 2.13. The summed E-state index contributed by atoms with van der Waals surface area (Å²) in [6, 6.07) is 11.8. The number of carbonyl (C=O) groups is 1. The van der Waals surface area contributed by atoms with E-state index < -0.39 is 5.41 Å². The van der Waals surface area contributed by atoms with Gasteiger partial charge in [-0.3, -0.25) is 4.79 Å². The number of ether oxygens (including phenoxy) is 4. The number of benzene rings is 2. The molecular formula is C22H21NO5. The minimum atomic E-state index is -0.833. The highest BCUT2D eigenvalue weighted by Crippen LogP contribution is 2.54. The molecule has 1 saturated heterocycles. The second-order valence-corrected chi connectivity index (χ2v) is 7.75. The zero-order valence-electron chi connectivity index (χ0n) is 15.5. The Balaban J connectivity index is 1.48. The third kappa shape index (κ3) is 2.09. The molecule has 0 aliphatic carbocycles. The zero-order valence-corrected chi connectivity index (χ0v) is 15.5. The van der Waals surface area contributed by atoms with Gasteiger partial charge in [-0.05, 0) is 30.5 Å². The Morgan fingerprint density at radius 3 is 2.61 bits per heavy atom. The van der Waals surface area contributed by atoms with Crippen LogP contribution in [0.25, 0.3) is 0 Å². The van der Waals surface area contributed by atoms with Crippen molar-refractivity contribution in [1.29, 1.82) is 0 Å². The first kappa shape index (κ1) is 16.2. The Labute approximate surface area is 162 Å². The molecule has 6 rings (SSSR count). The van der Waals surface area contributed by atoms with Crippen LogP contribution in [-0.2, 0) is 14.9 Å². The smallest absolute Gasteiger partial charge is 0.245 e. The average molecular weight is 379 g/mol. The molecule has 6 nitrogen and oxygen atoms in total. The lowest BCUT2D eigenvalue weighted by atomic mass is 9.77. The highest BCUT2D eigenvalue weighted by atomic mass is 16.6. The van der Waals surface area contributed by atoms with Crippen LogP contribution >= 0.6 is 0 Å². The quantitative estimate of drug-likeness (QED) is 0.803. The van der Waals surface area contributed by atoms with Gasteiger partial charge in [0.1, 0.15) is 31.0 Å². The number of fused-ring (bicyclic) bond motifs is 5. The normalized spacial score (nSPS) is 27.1. The molecule has 0 radical (unpaired) electrons. The molecule has 1 unspecified atom stereocenters. The maximum Gasteiger partial charge on any atom is 0.245 e. The van der Waals surface area contributed by atoms with Crippen LogP contribution in [0.2, 0.25) is 0 Å². The Hall–Kier alpha value is -2.73. The third-order valence-electron chi connectivity index (χ3n) is 6.22. The fourth-order valence-electron chi connectivity index (χ4n) is 4.88. The summed E-state index contributed by atoms with van der Waals surface area (Å²) in [4.78, 5) is 15.7. The molecule has 28 heavy (non-hydrogen) atoms. The number of hydrogen-bond acceptors (Lipinski definition) is 5. The molecule has 144 valence electrons. The Morgan fingerprint density at radius 1 is 0.964 bits per heavy atom. The van der Waals surface area contributed by atoms with E-state index in [-0.39, 0.29) is 12.0 Å². The van der Waals surface area contributed by atoms with Crippen LogP contribution in [0, 0.1) is 0 Å². The fourth-order valence-corrected chi connectivity index (χ4v) is 4.88. The summed E-state index contributed by atoms with van der Waals surface area (Å²) in [7, 11) is 0. The molecule has 2 atom stereocenters. The van der Waals surface area contributed by atoms with E-state index in [0.29, 0.717) is 43.6 Å². The van der Waals surface area contributed by atoms with Gasteiger partial charge in [0.05, 0.1) is 12.6 Å². The van der Waals surface area contributed by atoms with Crippen molar-refractivity contribution in [3.63, 3.8) is 0 Å². The summed E-state index contributed by atoms with van der Waals surface area (Å²) in [5.74, 6) is 2.11. The van der Waals surface area contributed by atoms with E-state index in [1.807, 2.05) is 41.3 Å². The molecular weight excluding hydrogens is 358 g/mol. The van der Waals surface area contributed by atoms with Crippen molar-refractivity contribution in [2.75, 3.05) is 37.9 Å². The van der Waals surface area contributed by atoms with E-state index in [2.05, 4.69) is 0 Å². The number of anilines is 1. The predicted octanol–water partition coefficient (Wildman–Crippen LogP) is 2.66. The molecule has 4 aliphatic heterocycles. The Kier molecular flexibility index (Phi) is 3.41. The van der Waals surface area contributed by atoms with Gasteiger partial charge < -0.3 is 23.8 Å². The summed E-state index contributed by atoms with van der Waals surface area (Å²) in [6.45, 7) is 2.68. The molecule has 1 fully saturated rings. The summed E-state index contributed by atoms with van der Waals surface area (Å²) >= 11 is 0. The van der Waals surface area contributed by atoms with Crippen LogP contribution < -0.4 is 19.1 Å². The van der Waals surface area contributed by atoms with Gasteiger partial charge in [0.2, 0.25) is 5.91 Å². The number of nitrogens with zero attached hydrogens (tertiary/aromatic N) is 1. The predicted molar refractivity (Wildman–Crippen MR) is 101 cm³/mol. The van der Waals surface area contributed by atoms with Crippen LogP contribution in [0.3, 0.4) is 0 Å². The van der Waals surface area contributed by atoms with Gasteiger partial charge in [0, 0.05) is 23.9 Å². The monoisotopic (exact) mass is 379 g/mol. The molecule has 0 saturated carbocycles. The van der Waals surface area contributed by atoms with Gasteiger partial charge in [-0.1, -0.05) is 18.2 Å². The van der Waals surface area contributed by atoms with Crippen LogP contribution in [-0.4, -0.2) is 45.0 Å². The van der Waals surface area contributed by atoms with Gasteiger partial charge in [-0.25, -0.2) is 0 Å². The molecule has 0 aromatic heterocycles. The minimum absolute atomic E-state index is 0.0552. The molecule has 1 amide bonds. The Bertz CT molecular complexity index is 967. The minimum Gasteiger partial charge on any atom is -0.491 e. The molecule has 1 spiro atoms. The zero-order chi connectivity index (χ0) is 18.7. The number of para-hydroxylation sites is 1. The van der Waals surface area contributed by atoms with Crippen molar-refractivity contribution < 1.29 is 23.7 Å². The number of rotatable bonds is 2. The summed E-state index contributed by atoms with van der Waals surface area (Å²) in [5.41, 5.74) is 1.98. The van der Waals surface area contributed by atoms with Crippen LogP contribution in [0.15, 0.2) is 36.4 Å². The molecule has 0 N–H and O–H groups in total. The van der Waals surface area contributed by atoms with E-state index in [1.165, 1.54) is 0 Å². The number of carbonyl (C=O) groups excluding carboxylic acids is 1. The van der Waals surface area contributed by atoms with Gasteiger partial charge in [0.15, 0.2) is 11.5 Å². The summed E-state index contributed by atoms with van der Waals surface area (Å²) in [5, 5.41) is 0. The van der Waals surface area contributed by atoms with Crippen molar-refractivity contribution in [2.24, 2.45) is 0 Å². The van der Waals surface area contributed by atoms with E-state index >= 15 is 0 Å². The first-order valence-corrected chi connectivity index (χ1v) is 9.87. The topological polar surface area (TPSA) is 57.2 Å². The second-order valence-electron chi connectivity index (χ2n) is 7.75. The van der Waals surface area contributed by atoms with Crippen molar-refractivity contribution in [2.45, 2.75) is 24.4 Å². The van der Waals surface area contributed by atoms with Crippen molar-refractivity contribution in [3.8, 4) is 17.2 Å². The molecule has 4 heterocycles. The van der Waals surface area contributed by atoms with E-state index in [1.54, 1.807) is 0 Å². The molecule has 0 bridgehead atoms. The molecule has 4 aliphatic rings. The standard InChI is InChI=1S/C22H21NO5/c24-21-22(13-28-18-11-20-19(10-16(18)22)26-8-9-27-20)15-5-1-2-6-17(15)23(21)12-14-4-3-7-25-14/h1-2,5-6,10-11,14H,3-4,7-9,12-13H2/t14-,22?/m1/s1. The van der Waals surface area contributed by atoms with Gasteiger partial charge >= 0.3 is 0 Å². The second kappa shape index (κ2) is 5.88. The lowest BCUT2D eigenvalue weighted by Gasteiger charge is -2.25. The maximum atomic E-state index is 13.8. The van der Waals surface area contributed by atoms with E-state index in [9.17, 15) is 4.79 Å². The van der Waals surface area contributed by atoms with Gasteiger partial charge in [-0.2, -0.15) is 0 Å². The van der Waals surface area contributed by atoms with Gasteiger partial charge in [0.25, 0.3) is 0 Å². The highest BCUT2D eigenvalue weighted by molar-refractivity contribution is 6.11. The van der Waals surface area contributed by atoms with Crippen molar-refractivity contribution in [3.05, 3.63) is 47.5 Å². The van der Waals surface area contributed by atoms with Crippen LogP contribution in [0.1, 0.15) is 24.0 Å². The van der Waals surface area contributed by atoms with Crippen LogP contribution in [0.5, 0.6) is 17.2 Å². The van der Waals surface area contributed by atoms with Crippen LogP contribution in [0.4, 0.5) is 5.69 Å². The molecule has 2 aromatic rings. The maximum absolute atomic E-state index is 13.8. The SMILES string of the molecule is O=C1N(C[C@H]2CCCO2)c2ccccc2C12COc1cc3c(cc12)OCCO3. The lowest BCUT2D eigenvalue weighted by Crippen LogP contribution is -2.45. The Morgan fingerprint density at radius 2 is 1.79 bits per heavy atom. The lowest BCUT2D eigenvalue weighted by molar-refractivity contribution is -0.122. The van der Waals surface area contributed by atoms with E-state index in [4.69, 9.17) is 18.9 Å². The van der Waals surface area contributed by atoms with Crippen molar-refractivity contribution >= 4 is 11.6 Å². The third-order valence-corrected chi connectivity index (χ3v) is 6.22. The van der Waals surface area contributed by atoms with Crippen molar-refractivity contribution in [1.82, 2.24) is 0 Å².